The first kappa shape index (κ1) is 21.5. The molecule has 0 aromatic heterocycles. The van der Waals surface area contributed by atoms with Crippen LogP contribution in [0.4, 0.5) is 0 Å². The summed E-state index contributed by atoms with van der Waals surface area (Å²) >= 11 is 0. The van der Waals surface area contributed by atoms with Gasteiger partial charge in [-0.05, 0) is 23.7 Å². The Kier molecular flexibility index (Phi) is 8.42. The number of hydrogen-bond donors (Lipinski definition) is 3. The summed E-state index contributed by atoms with van der Waals surface area (Å²) in [5, 5.41) is 11.7. The zero-order chi connectivity index (χ0) is 15.4. The standard InChI is InChI=1S/C14H28N2O3.ClH/c1-13(2,3)7-9(15)11(17)16-10(12(18)19)8-14(4,5)6;/h9-10H,7-8,15H2,1-6H3,(H,16,17)(H,18,19);1H/t9-,10+;/m1./s1. The summed E-state index contributed by atoms with van der Waals surface area (Å²) in [7, 11) is 0. The quantitative estimate of drug-likeness (QED) is 0.726. The number of carboxylic acid groups (broad SMARTS) is 1. The fraction of sp³-hybridized carbons (Fsp3) is 0.857. The minimum Gasteiger partial charge on any atom is -0.480 e. The van der Waals surface area contributed by atoms with E-state index in [2.05, 4.69) is 5.32 Å². The molecule has 0 bridgehead atoms. The van der Waals surface area contributed by atoms with Crippen LogP contribution in [0, 0.1) is 10.8 Å². The molecule has 0 rings (SSSR count). The van der Waals surface area contributed by atoms with Crippen LogP contribution >= 0.6 is 12.4 Å². The van der Waals surface area contributed by atoms with E-state index in [1.54, 1.807) is 0 Å². The van der Waals surface area contributed by atoms with Crippen molar-refractivity contribution in [2.45, 2.75) is 66.5 Å². The Morgan fingerprint density at radius 1 is 1.05 bits per heavy atom. The van der Waals surface area contributed by atoms with Crippen LogP contribution < -0.4 is 11.1 Å². The lowest BCUT2D eigenvalue weighted by atomic mass is 9.86. The Bertz CT molecular complexity index is 332. The van der Waals surface area contributed by atoms with Gasteiger partial charge in [0.25, 0.3) is 0 Å². The number of carbonyl (C=O) groups is 2. The van der Waals surface area contributed by atoms with Gasteiger partial charge in [0.05, 0.1) is 6.04 Å². The van der Waals surface area contributed by atoms with Crippen molar-refractivity contribution in [3.8, 4) is 0 Å². The number of aliphatic carboxylic acids is 1. The zero-order valence-electron chi connectivity index (χ0n) is 13.3. The number of rotatable bonds is 5. The maximum Gasteiger partial charge on any atom is 0.326 e. The van der Waals surface area contributed by atoms with E-state index in [0.29, 0.717) is 12.8 Å². The van der Waals surface area contributed by atoms with Gasteiger partial charge in [-0.3, -0.25) is 4.79 Å². The molecule has 0 aliphatic carbocycles. The lowest BCUT2D eigenvalue weighted by molar-refractivity contribution is -0.143. The van der Waals surface area contributed by atoms with E-state index in [0.717, 1.165) is 0 Å². The van der Waals surface area contributed by atoms with Gasteiger partial charge in [-0.25, -0.2) is 4.79 Å². The van der Waals surface area contributed by atoms with Crippen LogP contribution in [-0.2, 0) is 9.59 Å². The van der Waals surface area contributed by atoms with Gasteiger partial charge < -0.3 is 16.2 Å². The van der Waals surface area contributed by atoms with Crippen molar-refractivity contribution in [2.24, 2.45) is 16.6 Å². The molecule has 0 aromatic rings. The van der Waals surface area contributed by atoms with Crippen LogP contribution in [0.15, 0.2) is 0 Å². The van der Waals surface area contributed by atoms with Crippen molar-refractivity contribution in [3.63, 3.8) is 0 Å². The lowest BCUT2D eigenvalue weighted by Crippen LogP contribution is -2.50. The molecule has 0 aromatic carbocycles. The smallest absolute Gasteiger partial charge is 0.326 e. The highest BCUT2D eigenvalue weighted by Gasteiger charge is 2.29. The van der Waals surface area contributed by atoms with E-state index in [4.69, 9.17) is 10.8 Å². The molecule has 2 atom stereocenters. The second kappa shape index (κ2) is 7.84. The Labute approximate surface area is 128 Å². The third-order valence-corrected chi connectivity index (χ3v) is 2.60. The number of nitrogens with one attached hydrogen (secondary N) is 1. The molecule has 5 nitrogen and oxygen atoms in total. The first-order chi connectivity index (χ1) is 8.32. The first-order valence-corrected chi connectivity index (χ1v) is 6.60. The molecule has 0 aliphatic heterocycles. The molecule has 0 heterocycles. The van der Waals surface area contributed by atoms with Gasteiger partial charge >= 0.3 is 5.97 Å². The molecule has 0 fully saturated rings. The number of carbonyl (C=O) groups excluding carboxylic acids is 1. The third-order valence-electron chi connectivity index (χ3n) is 2.60. The van der Waals surface area contributed by atoms with E-state index >= 15 is 0 Å². The van der Waals surface area contributed by atoms with Crippen molar-refractivity contribution in [3.05, 3.63) is 0 Å². The van der Waals surface area contributed by atoms with Crippen LogP contribution in [0.2, 0.25) is 0 Å². The summed E-state index contributed by atoms with van der Waals surface area (Å²) in [6.45, 7) is 11.8. The first-order valence-electron chi connectivity index (χ1n) is 6.60. The lowest BCUT2D eigenvalue weighted by Gasteiger charge is -2.27. The van der Waals surface area contributed by atoms with E-state index in [9.17, 15) is 9.59 Å². The number of amides is 1. The maximum atomic E-state index is 11.9. The molecule has 4 N–H and O–H groups in total. The van der Waals surface area contributed by atoms with Gasteiger partial charge in [0.2, 0.25) is 5.91 Å². The number of hydrogen-bond acceptors (Lipinski definition) is 3. The average molecular weight is 309 g/mol. The highest BCUT2D eigenvalue weighted by atomic mass is 35.5. The van der Waals surface area contributed by atoms with Crippen molar-refractivity contribution in [1.82, 2.24) is 5.32 Å². The van der Waals surface area contributed by atoms with Crippen molar-refractivity contribution >= 4 is 24.3 Å². The van der Waals surface area contributed by atoms with Crippen LogP contribution in [0.25, 0.3) is 0 Å². The molecule has 0 spiro atoms. The monoisotopic (exact) mass is 308 g/mol. The molecule has 0 saturated carbocycles. The van der Waals surface area contributed by atoms with Gasteiger partial charge in [0.15, 0.2) is 0 Å². The van der Waals surface area contributed by atoms with Crippen molar-refractivity contribution < 1.29 is 14.7 Å². The number of halogens is 1. The summed E-state index contributed by atoms with van der Waals surface area (Å²) in [5.41, 5.74) is 5.56. The Morgan fingerprint density at radius 3 is 1.75 bits per heavy atom. The van der Waals surface area contributed by atoms with Crippen LogP contribution in [-0.4, -0.2) is 29.1 Å². The fourth-order valence-corrected chi connectivity index (χ4v) is 1.84. The minimum absolute atomic E-state index is 0. The number of nitrogens with two attached hydrogens (primary N) is 1. The molecule has 0 aliphatic rings. The summed E-state index contributed by atoms with van der Waals surface area (Å²) in [4.78, 5) is 23.1. The van der Waals surface area contributed by atoms with Gasteiger partial charge in [-0.15, -0.1) is 12.4 Å². The predicted octanol–water partition coefficient (Wildman–Crippen LogP) is 2.18. The van der Waals surface area contributed by atoms with Gasteiger partial charge in [0.1, 0.15) is 6.04 Å². The zero-order valence-corrected chi connectivity index (χ0v) is 14.1. The van der Waals surface area contributed by atoms with E-state index < -0.39 is 24.0 Å². The van der Waals surface area contributed by atoms with Crippen molar-refractivity contribution in [1.29, 1.82) is 0 Å². The average Bonchev–Trinajstić information content (AvgIpc) is 2.11. The summed E-state index contributed by atoms with van der Waals surface area (Å²) in [5.74, 6) is -1.42. The summed E-state index contributed by atoms with van der Waals surface area (Å²) in [6.07, 6.45) is 0.886. The molecule has 120 valence electrons. The SMILES string of the molecule is CC(C)(C)C[C@@H](N)C(=O)N[C@@H](CC(C)(C)C)C(=O)O.Cl. The summed E-state index contributed by atoms with van der Waals surface area (Å²) in [6, 6.07) is -1.57. The fourth-order valence-electron chi connectivity index (χ4n) is 1.84. The van der Waals surface area contributed by atoms with Crippen LogP contribution in [0.5, 0.6) is 0 Å². The van der Waals surface area contributed by atoms with Crippen molar-refractivity contribution in [2.75, 3.05) is 0 Å². The molecule has 0 unspecified atom stereocenters. The normalized spacial score (nSPS) is 14.9. The molecule has 1 amide bonds. The molecular formula is C14H29ClN2O3. The molecule has 0 saturated heterocycles. The topological polar surface area (TPSA) is 92.4 Å². The third kappa shape index (κ3) is 10.0. The number of carboxylic acids is 1. The van der Waals surface area contributed by atoms with E-state index in [-0.39, 0.29) is 23.2 Å². The summed E-state index contributed by atoms with van der Waals surface area (Å²) < 4.78 is 0. The molecule has 0 radical (unpaired) electrons. The molecular weight excluding hydrogens is 280 g/mol. The molecule has 20 heavy (non-hydrogen) atoms. The van der Waals surface area contributed by atoms with E-state index in [1.165, 1.54) is 0 Å². The van der Waals surface area contributed by atoms with Crippen LogP contribution in [0.1, 0.15) is 54.4 Å². The van der Waals surface area contributed by atoms with E-state index in [1.807, 2.05) is 41.5 Å². The van der Waals surface area contributed by atoms with Gasteiger partial charge in [0, 0.05) is 0 Å². The Morgan fingerprint density at radius 2 is 1.45 bits per heavy atom. The predicted molar refractivity (Wildman–Crippen MR) is 82.9 cm³/mol. The van der Waals surface area contributed by atoms with Gasteiger partial charge in [-0.1, -0.05) is 41.5 Å². The highest BCUT2D eigenvalue weighted by Crippen LogP contribution is 2.22. The second-order valence-corrected chi connectivity index (χ2v) is 7.54. The minimum atomic E-state index is -1.02. The Hall–Kier alpha value is -0.810. The molecule has 6 heteroatoms. The maximum absolute atomic E-state index is 11.9. The second-order valence-electron chi connectivity index (χ2n) is 7.54. The Balaban J connectivity index is 0. The largest absolute Gasteiger partial charge is 0.480 e. The van der Waals surface area contributed by atoms with Crippen LogP contribution in [0.3, 0.4) is 0 Å². The van der Waals surface area contributed by atoms with Gasteiger partial charge in [-0.2, -0.15) is 0 Å². The highest BCUT2D eigenvalue weighted by molar-refractivity contribution is 5.86.